The third-order valence-electron chi connectivity index (χ3n) is 3.32. The Labute approximate surface area is 145 Å². The minimum atomic E-state index is -4.14. The normalized spacial score (nSPS) is 12.7. The molecule has 130 valence electrons. The lowest BCUT2D eigenvalue weighted by Crippen LogP contribution is -2.17. The van der Waals surface area contributed by atoms with Crippen LogP contribution in [0.1, 0.15) is 0 Å². The Morgan fingerprint density at radius 2 is 1.80 bits per heavy atom. The van der Waals surface area contributed by atoms with Crippen LogP contribution in [0.3, 0.4) is 0 Å². The van der Waals surface area contributed by atoms with Gasteiger partial charge in [-0.15, -0.1) is 11.0 Å². The molecule has 0 unspecified atom stereocenters. The highest BCUT2D eigenvalue weighted by atomic mass is 32.2. The summed E-state index contributed by atoms with van der Waals surface area (Å²) < 4.78 is 70.6. The lowest BCUT2D eigenvalue weighted by atomic mass is 10.3. The summed E-state index contributed by atoms with van der Waals surface area (Å²) in [5, 5.41) is 0. The molecule has 0 spiro atoms. The molecule has 0 fully saturated rings. The lowest BCUT2D eigenvalue weighted by Gasteiger charge is -2.03. The zero-order chi connectivity index (χ0) is 18.2. The van der Waals surface area contributed by atoms with Crippen LogP contribution in [0.2, 0.25) is 0 Å². The van der Waals surface area contributed by atoms with Gasteiger partial charge in [0.2, 0.25) is 4.80 Å². The molecule has 0 N–H and O–H groups in total. The maximum Gasteiger partial charge on any atom is 0.285 e. The highest BCUT2D eigenvalue weighted by Gasteiger charge is 2.17. The number of fused-ring (bicyclic) bond motifs is 1. The van der Waals surface area contributed by atoms with Crippen molar-refractivity contribution in [1.29, 1.82) is 0 Å². The highest BCUT2D eigenvalue weighted by molar-refractivity contribution is 7.90. The van der Waals surface area contributed by atoms with Crippen molar-refractivity contribution in [3.63, 3.8) is 0 Å². The van der Waals surface area contributed by atoms with E-state index in [-0.39, 0.29) is 26.5 Å². The molecule has 0 amide bonds. The van der Waals surface area contributed by atoms with Crippen molar-refractivity contribution >= 4 is 31.6 Å². The number of sulfonamides is 1. The predicted octanol–water partition coefficient (Wildman–Crippen LogP) is 3.60. The third-order valence-corrected chi connectivity index (χ3v) is 5.74. The molecule has 0 saturated carbocycles. The van der Waals surface area contributed by atoms with Gasteiger partial charge in [0.15, 0.2) is 5.82 Å². The fourth-order valence-corrected chi connectivity index (χ4v) is 4.54. The Balaban J connectivity index is 2.28. The van der Waals surface area contributed by atoms with Crippen LogP contribution in [0.5, 0.6) is 0 Å². The smallest absolute Gasteiger partial charge is 0.285 e. The van der Waals surface area contributed by atoms with Crippen molar-refractivity contribution in [2.45, 2.75) is 11.4 Å². The lowest BCUT2D eigenvalue weighted by molar-refractivity contribution is 0.584. The van der Waals surface area contributed by atoms with Gasteiger partial charge in [0.05, 0.1) is 15.1 Å². The fraction of sp³-hybridized carbons (Fsp3) is 0.0625. The average Bonchev–Trinajstić information content (AvgIpc) is 2.85. The Kier molecular flexibility index (Phi) is 4.53. The maximum absolute atomic E-state index is 14.1. The summed E-state index contributed by atoms with van der Waals surface area (Å²) in [5.74, 6) is -2.18. The van der Waals surface area contributed by atoms with Gasteiger partial charge in [0, 0.05) is 12.6 Å². The van der Waals surface area contributed by atoms with Gasteiger partial charge in [-0.05, 0) is 30.3 Å². The van der Waals surface area contributed by atoms with E-state index in [0.29, 0.717) is 6.07 Å². The SMILES string of the molecule is C=CCn1c(=NS(=O)(=O)c2ccc(F)cc2)sc2cc(F)cc(F)c21. The number of rotatable bonds is 4. The molecule has 9 heteroatoms. The standard InChI is InChI=1S/C16H11F3N2O2S2/c1-2-7-21-15-13(19)8-11(18)9-14(15)24-16(21)20-25(22,23)12-5-3-10(17)4-6-12/h2-6,8-9H,1,7H2. The number of allylic oxidation sites excluding steroid dienone is 1. The van der Waals surface area contributed by atoms with Crippen LogP contribution in [-0.2, 0) is 16.6 Å². The largest absolute Gasteiger partial charge is 0.309 e. The van der Waals surface area contributed by atoms with Gasteiger partial charge < -0.3 is 4.57 Å². The number of benzene rings is 2. The van der Waals surface area contributed by atoms with Crippen LogP contribution in [0.15, 0.2) is 58.3 Å². The number of halogens is 3. The van der Waals surface area contributed by atoms with Crippen LogP contribution in [0, 0.1) is 17.5 Å². The number of thiazole rings is 1. The van der Waals surface area contributed by atoms with E-state index >= 15 is 0 Å². The molecule has 0 atom stereocenters. The zero-order valence-corrected chi connectivity index (χ0v) is 14.2. The topological polar surface area (TPSA) is 51.4 Å². The van der Waals surface area contributed by atoms with Crippen LogP contribution < -0.4 is 4.80 Å². The van der Waals surface area contributed by atoms with Gasteiger partial charge in [0.25, 0.3) is 10.0 Å². The van der Waals surface area contributed by atoms with Gasteiger partial charge >= 0.3 is 0 Å². The van der Waals surface area contributed by atoms with Crippen molar-refractivity contribution in [2.24, 2.45) is 4.40 Å². The number of aromatic nitrogens is 1. The quantitative estimate of drug-likeness (QED) is 0.646. The van der Waals surface area contributed by atoms with Crippen LogP contribution in [-0.4, -0.2) is 13.0 Å². The molecule has 4 nitrogen and oxygen atoms in total. The summed E-state index contributed by atoms with van der Waals surface area (Å²) in [6, 6.07) is 5.98. The second-order valence-corrected chi connectivity index (χ2v) is 7.65. The van der Waals surface area contributed by atoms with Gasteiger partial charge in [0.1, 0.15) is 11.6 Å². The third kappa shape index (κ3) is 3.38. The molecule has 0 aliphatic rings. The minimum Gasteiger partial charge on any atom is -0.309 e. The zero-order valence-electron chi connectivity index (χ0n) is 12.6. The monoisotopic (exact) mass is 384 g/mol. The first-order valence-electron chi connectivity index (χ1n) is 6.97. The Morgan fingerprint density at radius 3 is 2.44 bits per heavy atom. The number of hydrogen-bond donors (Lipinski definition) is 0. The first kappa shape index (κ1) is 17.4. The van der Waals surface area contributed by atoms with E-state index in [2.05, 4.69) is 11.0 Å². The summed E-state index contributed by atoms with van der Waals surface area (Å²) in [7, 11) is -4.14. The summed E-state index contributed by atoms with van der Waals surface area (Å²) in [6.07, 6.45) is 1.44. The number of hydrogen-bond acceptors (Lipinski definition) is 3. The van der Waals surface area contributed by atoms with Crippen molar-refractivity contribution in [1.82, 2.24) is 4.57 Å². The van der Waals surface area contributed by atoms with Crippen LogP contribution in [0.4, 0.5) is 13.2 Å². The van der Waals surface area contributed by atoms with Crippen molar-refractivity contribution in [3.8, 4) is 0 Å². The molecule has 1 heterocycles. The molecule has 3 aromatic rings. The molecular formula is C16H11F3N2O2S2. The Hall–Kier alpha value is -2.39. The van der Waals surface area contributed by atoms with Crippen molar-refractivity contribution < 1.29 is 21.6 Å². The molecule has 25 heavy (non-hydrogen) atoms. The van der Waals surface area contributed by atoms with E-state index in [9.17, 15) is 21.6 Å². The summed E-state index contributed by atoms with van der Waals surface area (Å²) in [4.78, 5) is -0.244. The molecule has 3 rings (SSSR count). The first-order valence-corrected chi connectivity index (χ1v) is 9.23. The van der Waals surface area contributed by atoms with E-state index in [1.165, 1.54) is 10.6 Å². The van der Waals surface area contributed by atoms with Gasteiger partial charge in [-0.1, -0.05) is 17.4 Å². The second kappa shape index (κ2) is 6.49. The fourth-order valence-electron chi connectivity index (χ4n) is 2.26. The van der Waals surface area contributed by atoms with Crippen molar-refractivity contribution in [3.05, 3.63) is 71.3 Å². The molecule has 1 aromatic heterocycles. The second-order valence-electron chi connectivity index (χ2n) is 5.04. The van der Waals surface area contributed by atoms with Gasteiger partial charge in [-0.3, -0.25) is 0 Å². The van der Waals surface area contributed by atoms with E-state index < -0.39 is 27.5 Å². The summed E-state index contributed by atoms with van der Waals surface area (Å²) in [6.45, 7) is 3.63. The highest BCUT2D eigenvalue weighted by Crippen LogP contribution is 2.23. The Morgan fingerprint density at radius 1 is 1.12 bits per heavy atom. The van der Waals surface area contributed by atoms with E-state index in [0.717, 1.165) is 41.7 Å². The molecule has 0 bridgehead atoms. The van der Waals surface area contributed by atoms with Crippen molar-refractivity contribution in [2.75, 3.05) is 0 Å². The van der Waals surface area contributed by atoms with Crippen LogP contribution in [0.25, 0.3) is 10.2 Å². The molecule has 2 aromatic carbocycles. The summed E-state index contributed by atoms with van der Waals surface area (Å²) >= 11 is 0.832. The van der Waals surface area contributed by atoms with E-state index in [1.54, 1.807) is 0 Å². The minimum absolute atomic E-state index is 0.0382. The number of nitrogens with zero attached hydrogens (tertiary/aromatic N) is 2. The Bertz CT molecular complexity index is 1130. The molecular weight excluding hydrogens is 373 g/mol. The molecule has 0 saturated heterocycles. The summed E-state index contributed by atoms with van der Waals surface area (Å²) in [5.41, 5.74) is 0.0411. The van der Waals surface area contributed by atoms with Crippen LogP contribution >= 0.6 is 11.3 Å². The molecule has 0 aliphatic heterocycles. The molecule has 0 aliphatic carbocycles. The van der Waals surface area contributed by atoms with E-state index in [4.69, 9.17) is 0 Å². The van der Waals surface area contributed by atoms with E-state index in [1.807, 2.05) is 0 Å². The molecule has 0 radical (unpaired) electrons. The predicted molar refractivity (Wildman–Crippen MR) is 89.1 cm³/mol. The first-order chi connectivity index (χ1) is 11.8. The van der Waals surface area contributed by atoms with Gasteiger partial charge in [-0.25, -0.2) is 13.2 Å². The average molecular weight is 384 g/mol. The maximum atomic E-state index is 14.1. The van der Waals surface area contributed by atoms with Gasteiger partial charge in [-0.2, -0.15) is 8.42 Å².